The molecule has 2 aromatic carbocycles. The van der Waals surface area contributed by atoms with Crippen LogP contribution in [0.5, 0.6) is 0 Å². The van der Waals surface area contributed by atoms with E-state index in [9.17, 15) is 32.7 Å². The molecule has 1 unspecified atom stereocenters. The van der Waals surface area contributed by atoms with Crippen molar-refractivity contribution in [3.8, 4) is 11.3 Å². The number of benzene rings is 2. The number of nitrogens with zero attached hydrogens (tertiary/aromatic N) is 8. The summed E-state index contributed by atoms with van der Waals surface area (Å²) in [5.41, 5.74) is 1.75. The molecular formula is C44H51ClF2N10O7S. The van der Waals surface area contributed by atoms with Gasteiger partial charge in [-0.15, -0.1) is 0 Å². The van der Waals surface area contributed by atoms with E-state index >= 15 is 8.78 Å². The Morgan fingerprint density at radius 3 is 2.29 bits per heavy atom. The van der Waals surface area contributed by atoms with Crippen molar-refractivity contribution in [2.75, 3.05) is 56.0 Å². The second kappa shape index (κ2) is 17.6. The van der Waals surface area contributed by atoms with Gasteiger partial charge in [-0.25, -0.2) is 32.2 Å². The number of carbonyl (C=O) groups is 4. The first-order chi connectivity index (χ1) is 31.0. The molecule has 17 nitrogen and oxygen atoms in total. The number of likely N-dealkylation sites (tertiary alicyclic amines) is 1. The Hall–Kier alpha value is -5.15. The highest BCUT2D eigenvalue weighted by molar-refractivity contribution is 7.89. The molecule has 4 aromatic rings. The number of imidazole rings is 1. The molecule has 0 aliphatic carbocycles. The lowest BCUT2D eigenvalue weighted by molar-refractivity contribution is -0.136. The number of aromatic nitrogens is 4. The van der Waals surface area contributed by atoms with Gasteiger partial charge >= 0.3 is 0 Å². The number of aliphatic hydroxyl groups is 1. The summed E-state index contributed by atoms with van der Waals surface area (Å²) < 4.78 is 61.9. The summed E-state index contributed by atoms with van der Waals surface area (Å²) >= 11 is 6.52. The second-order valence-corrected chi connectivity index (χ2v) is 20.7. The highest BCUT2D eigenvalue weighted by atomic mass is 35.5. The number of anilines is 2. The molecule has 346 valence electrons. The topological polar surface area (TPSA) is 203 Å². The van der Waals surface area contributed by atoms with Crippen LogP contribution in [0.2, 0.25) is 5.02 Å². The Balaban J connectivity index is 0.759. The zero-order chi connectivity index (χ0) is 46.1. The van der Waals surface area contributed by atoms with Crippen LogP contribution >= 0.6 is 11.6 Å². The van der Waals surface area contributed by atoms with Gasteiger partial charge in [-0.2, -0.15) is 4.31 Å². The van der Waals surface area contributed by atoms with Gasteiger partial charge in [0.15, 0.2) is 5.82 Å². The van der Waals surface area contributed by atoms with Crippen molar-refractivity contribution in [2.24, 2.45) is 5.92 Å². The van der Waals surface area contributed by atoms with Crippen LogP contribution in [0.15, 0.2) is 30.5 Å². The van der Waals surface area contributed by atoms with E-state index in [0.717, 1.165) is 30.4 Å². The average molecular weight is 937 g/mol. The molecule has 5 aliphatic heterocycles. The van der Waals surface area contributed by atoms with E-state index in [2.05, 4.69) is 30.5 Å². The molecule has 5 aliphatic rings. The number of hydrogen-bond acceptors (Lipinski definition) is 13. The van der Waals surface area contributed by atoms with Crippen molar-refractivity contribution in [3.63, 3.8) is 0 Å². The molecule has 0 bridgehead atoms. The average Bonchev–Trinajstić information content (AvgIpc) is 3.73. The molecule has 65 heavy (non-hydrogen) atoms. The fourth-order valence-electron chi connectivity index (χ4n) is 10.2. The third kappa shape index (κ3) is 8.47. The number of piperidine rings is 4. The quantitative estimate of drug-likeness (QED) is 0.191. The van der Waals surface area contributed by atoms with Crippen LogP contribution in [-0.4, -0.2) is 140 Å². The Bertz CT molecular complexity index is 2700. The number of fused-ring (bicyclic) bond motifs is 2. The fourth-order valence-corrected chi connectivity index (χ4v) is 12.4. The molecule has 4 fully saturated rings. The van der Waals surface area contributed by atoms with Gasteiger partial charge < -0.3 is 24.8 Å². The van der Waals surface area contributed by atoms with E-state index in [0.29, 0.717) is 68.0 Å². The first-order valence-electron chi connectivity index (χ1n) is 22.2. The van der Waals surface area contributed by atoms with E-state index in [4.69, 9.17) is 11.6 Å². The number of rotatable bonds is 10. The normalized spacial score (nSPS) is 23.2. The zero-order valence-corrected chi connectivity index (χ0v) is 37.8. The number of aliphatic hydroxyl groups excluding tert-OH is 1. The van der Waals surface area contributed by atoms with Crippen molar-refractivity contribution in [1.29, 1.82) is 0 Å². The van der Waals surface area contributed by atoms with Crippen LogP contribution in [0.4, 0.5) is 20.4 Å². The van der Waals surface area contributed by atoms with Gasteiger partial charge in [0.1, 0.15) is 23.2 Å². The summed E-state index contributed by atoms with van der Waals surface area (Å²) in [6.45, 7) is 8.90. The maximum absolute atomic E-state index is 15.5. The summed E-state index contributed by atoms with van der Waals surface area (Å²) in [5.74, 6) is -2.65. The van der Waals surface area contributed by atoms with Crippen LogP contribution in [0.1, 0.15) is 91.4 Å². The van der Waals surface area contributed by atoms with Crippen molar-refractivity contribution in [1.82, 2.24) is 38.9 Å². The minimum atomic E-state index is -3.71. The number of aryl methyl sites for hydroxylation is 1. The van der Waals surface area contributed by atoms with Gasteiger partial charge in [-0.1, -0.05) is 11.6 Å². The maximum atomic E-state index is 15.5. The third-order valence-electron chi connectivity index (χ3n) is 13.6. The predicted molar refractivity (Wildman–Crippen MR) is 237 cm³/mol. The summed E-state index contributed by atoms with van der Waals surface area (Å²) in [6, 6.07) is 3.94. The van der Waals surface area contributed by atoms with E-state index in [1.165, 1.54) is 22.6 Å². The summed E-state index contributed by atoms with van der Waals surface area (Å²) in [7, 11) is -3.71. The number of hydrogen-bond donors (Lipinski definition) is 3. The van der Waals surface area contributed by atoms with Crippen LogP contribution in [-0.2, 0) is 19.6 Å². The van der Waals surface area contributed by atoms with Gasteiger partial charge in [0.05, 0.1) is 56.6 Å². The van der Waals surface area contributed by atoms with Crippen LogP contribution in [0.25, 0.3) is 22.3 Å². The Labute approximate surface area is 379 Å². The molecule has 4 saturated heterocycles. The van der Waals surface area contributed by atoms with Crippen molar-refractivity contribution in [3.05, 3.63) is 64.1 Å². The minimum Gasteiger partial charge on any atom is -0.390 e. The van der Waals surface area contributed by atoms with Crippen LogP contribution in [0, 0.1) is 24.5 Å². The standard InChI is InChI=1S/C44H51ClF2N10O7S/c1-23(2)56-24(3)49-40-32(47)16-26(17-36(40)56)39-30(45)20-48-44(52-39)50-33-10-15-55(22-37(33)58)65(63,64)27-8-11-53(12-9-27)21-25-6-13-54(14-7-25)35-19-29-28(18-31(35)46)42(61)57(43(29)62)34-4-5-38(59)51-41(34)60/h16-20,23,25,27,33-34,37,58H,4-15,21-22H2,1-3H3,(H,48,50,52)(H,51,59,60)/t33-,34?,37-/m1/s1. The largest absolute Gasteiger partial charge is 0.390 e. The third-order valence-corrected chi connectivity index (χ3v) is 16.3. The van der Waals surface area contributed by atoms with E-state index in [1.54, 1.807) is 6.07 Å². The highest BCUT2D eigenvalue weighted by Gasteiger charge is 2.46. The van der Waals surface area contributed by atoms with E-state index in [-0.39, 0.29) is 71.2 Å². The van der Waals surface area contributed by atoms with E-state index < -0.39 is 68.7 Å². The summed E-state index contributed by atoms with van der Waals surface area (Å²) in [5, 5.41) is 16.2. The first kappa shape index (κ1) is 45.0. The summed E-state index contributed by atoms with van der Waals surface area (Å²) in [6.07, 6.45) is 3.04. The number of halogens is 3. The number of carbonyl (C=O) groups excluding carboxylic acids is 4. The molecule has 0 saturated carbocycles. The monoisotopic (exact) mass is 936 g/mol. The van der Waals surface area contributed by atoms with Gasteiger partial charge in [0.25, 0.3) is 11.8 Å². The zero-order valence-electron chi connectivity index (χ0n) is 36.3. The van der Waals surface area contributed by atoms with E-state index in [1.807, 2.05) is 30.2 Å². The highest BCUT2D eigenvalue weighted by Crippen LogP contribution is 2.36. The summed E-state index contributed by atoms with van der Waals surface area (Å²) in [4.78, 5) is 68.8. The molecule has 4 amide bonds. The molecule has 0 spiro atoms. The number of imide groups is 2. The van der Waals surface area contributed by atoms with Gasteiger partial charge in [0, 0.05) is 50.7 Å². The van der Waals surface area contributed by atoms with Gasteiger partial charge in [-0.3, -0.25) is 29.4 Å². The number of nitrogens with one attached hydrogen (secondary N) is 2. The lowest BCUT2D eigenvalue weighted by Gasteiger charge is -2.40. The van der Waals surface area contributed by atoms with Crippen LogP contribution < -0.4 is 15.5 Å². The maximum Gasteiger partial charge on any atom is 0.262 e. The minimum absolute atomic E-state index is 0.0109. The van der Waals surface area contributed by atoms with Gasteiger partial charge in [-0.05, 0) is 103 Å². The Kier molecular flexibility index (Phi) is 12.2. The molecule has 3 atom stereocenters. The molecule has 9 rings (SSSR count). The molecule has 2 aromatic heterocycles. The van der Waals surface area contributed by atoms with Crippen molar-refractivity contribution in [2.45, 2.75) is 95.2 Å². The number of β-amino-alcohol motifs (C(OH)–C–C–N with tert-alkyl or cyclic N) is 1. The SMILES string of the molecule is Cc1nc2c(F)cc(-c3nc(N[C@@H]4CCN(S(=O)(=O)C5CCN(CC6CCN(c7cc8c(cc7F)C(=O)N(C7CCC(=O)NC7=O)C8=O)CC6)CC5)C[C@H]4O)ncc3Cl)cc2n1C(C)C. The Morgan fingerprint density at radius 2 is 1.62 bits per heavy atom. The molecular weight excluding hydrogens is 886 g/mol. The first-order valence-corrected chi connectivity index (χ1v) is 24.0. The second-order valence-electron chi connectivity index (χ2n) is 18.1. The molecule has 21 heteroatoms. The van der Waals surface area contributed by atoms with Crippen molar-refractivity contribution >= 4 is 67.9 Å². The lowest BCUT2D eigenvalue weighted by Crippen LogP contribution is -2.55. The number of amides is 4. The van der Waals surface area contributed by atoms with Crippen LogP contribution in [0.3, 0.4) is 0 Å². The Morgan fingerprint density at radius 1 is 0.908 bits per heavy atom. The fraction of sp³-hybridized carbons (Fsp3) is 0.523. The molecule has 0 radical (unpaired) electrons. The van der Waals surface area contributed by atoms with Gasteiger partial charge in [0.2, 0.25) is 27.8 Å². The lowest BCUT2D eigenvalue weighted by atomic mass is 9.94. The predicted octanol–water partition coefficient (Wildman–Crippen LogP) is 4.27. The van der Waals surface area contributed by atoms with Crippen molar-refractivity contribution < 1.29 is 41.5 Å². The number of sulfonamides is 1. The molecule has 3 N–H and O–H groups in total. The molecule has 7 heterocycles. The smallest absolute Gasteiger partial charge is 0.262 e.